The first-order valence-electron chi connectivity index (χ1n) is 7.28. The topological polar surface area (TPSA) is 54.5 Å². The Morgan fingerprint density at radius 3 is 2.90 bits per heavy atom. The van der Waals surface area contributed by atoms with Crippen molar-refractivity contribution in [3.8, 4) is 0 Å². The van der Waals surface area contributed by atoms with Gasteiger partial charge in [-0.15, -0.1) is 0 Å². The summed E-state index contributed by atoms with van der Waals surface area (Å²) in [6.07, 6.45) is 2.28. The molecule has 5 nitrogen and oxygen atoms in total. The monoisotopic (exact) mass is 285 g/mol. The fourth-order valence-electron chi connectivity index (χ4n) is 2.52. The van der Waals surface area contributed by atoms with Gasteiger partial charge in [0, 0.05) is 43.3 Å². The van der Waals surface area contributed by atoms with Gasteiger partial charge in [-0.25, -0.2) is 0 Å². The van der Waals surface area contributed by atoms with Crippen molar-refractivity contribution in [2.24, 2.45) is 0 Å². The van der Waals surface area contributed by atoms with Crippen molar-refractivity contribution in [2.75, 3.05) is 38.2 Å². The summed E-state index contributed by atoms with van der Waals surface area (Å²) < 4.78 is 5.26. The summed E-state index contributed by atoms with van der Waals surface area (Å²) in [7, 11) is 0. The van der Waals surface area contributed by atoms with Gasteiger partial charge in [-0.1, -0.05) is 18.2 Å². The number of rotatable bonds is 4. The molecule has 2 heterocycles. The second kappa shape index (κ2) is 6.54. The number of carbonyl (C=O) groups excluding carboxylic acids is 1. The number of nitrogens with one attached hydrogen (secondary N) is 1. The number of pyridine rings is 1. The molecule has 1 aromatic heterocycles. The highest BCUT2D eigenvalue weighted by Crippen LogP contribution is 2.20. The summed E-state index contributed by atoms with van der Waals surface area (Å²) in [6, 6.07) is 9.94. The molecule has 1 amide bonds. The molecule has 1 aliphatic rings. The Hall–Kier alpha value is -2.14. The third-order valence-electron chi connectivity index (χ3n) is 3.67. The van der Waals surface area contributed by atoms with Crippen molar-refractivity contribution in [3.63, 3.8) is 0 Å². The van der Waals surface area contributed by atoms with E-state index in [9.17, 15) is 4.79 Å². The Balaban J connectivity index is 1.58. The van der Waals surface area contributed by atoms with E-state index in [0.29, 0.717) is 39.3 Å². The molecule has 0 bridgehead atoms. The summed E-state index contributed by atoms with van der Waals surface area (Å²) in [4.78, 5) is 18.3. The lowest BCUT2D eigenvalue weighted by Crippen LogP contribution is -2.41. The van der Waals surface area contributed by atoms with Gasteiger partial charge in [0.05, 0.1) is 18.7 Å². The van der Waals surface area contributed by atoms with Crippen molar-refractivity contribution >= 4 is 22.5 Å². The molecule has 3 rings (SSSR count). The molecule has 110 valence electrons. The van der Waals surface area contributed by atoms with Crippen LogP contribution in [0.3, 0.4) is 0 Å². The minimum Gasteiger partial charge on any atom is -0.384 e. The number of hydrogen-bond acceptors (Lipinski definition) is 4. The van der Waals surface area contributed by atoms with Gasteiger partial charge in [0.25, 0.3) is 0 Å². The smallest absolute Gasteiger partial charge is 0.224 e. The van der Waals surface area contributed by atoms with Crippen molar-refractivity contribution in [1.29, 1.82) is 0 Å². The van der Waals surface area contributed by atoms with Crippen LogP contribution in [0.5, 0.6) is 0 Å². The largest absolute Gasteiger partial charge is 0.384 e. The van der Waals surface area contributed by atoms with Crippen LogP contribution in [0.4, 0.5) is 5.69 Å². The fourth-order valence-corrected chi connectivity index (χ4v) is 2.52. The van der Waals surface area contributed by atoms with E-state index in [1.807, 2.05) is 35.2 Å². The Labute approximate surface area is 123 Å². The van der Waals surface area contributed by atoms with Gasteiger partial charge in [0.2, 0.25) is 5.91 Å². The van der Waals surface area contributed by atoms with E-state index in [2.05, 4.69) is 10.3 Å². The maximum Gasteiger partial charge on any atom is 0.224 e. The Bertz CT molecular complexity index is 618. The van der Waals surface area contributed by atoms with Crippen LogP contribution in [-0.2, 0) is 9.53 Å². The van der Waals surface area contributed by atoms with Crippen LogP contribution in [0.15, 0.2) is 36.5 Å². The molecule has 0 unspecified atom stereocenters. The van der Waals surface area contributed by atoms with Crippen LogP contribution in [0, 0.1) is 0 Å². The molecule has 2 aromatic rings. The zero-order chi connectivity index (χ0) is 14.5. The van der Waals surface area contributed by atoms with E-state index in [4.69, 9.17) is 4.74 Å². The van der Waals surface area contributed by atoms with Gasteiger partial charge < -0.3 is 15.0 Å². The first-order valence-corrected chi connectivity index (χ1v) is 7.28. The zero-order valence-electron chi connectivity index (χ0n) is 11.9. The Morgan fingerprint density at radius 1 is 1.24 bits per heavy atom. The van der Waals surface area contributed by atoms with E-state index < -0.39 is 0 Å². The Morgan fingerprint density at radius 2 is 2.05 bits per heavy atom. The number of carbonyl (C=O) groups is 1. The van der Waals surface area contributed by atoms with Gasteiger partial charge in [0.1, 0.15) is 0 Å². The maximum absolute atomic E-state index is 12.1. The molecule has 0 aliphatic carbocycles. The fraction of sp³-hybridized carbons (Fsp3) is 0.375. The number of ether oxygens (including phenoxy) is 1. The molecule has 0 spiro atoms. The average molecular weight is 285 g/mol. The standard InChI is InChI=1S/C16H19N3O2/c20-16(19-9-11-21-12-10-19)6-8-18-15-5-7-17-14-4-2-1-3-13(14)15/h1-5,7H,6,8-12H2,(H,17,18). The lowest BCUT2D eigenvalue weighted by molar-refractivity contribution is -0.134. The SMILES string of the molecule is O=C(CCNc1ccnc2ccccc12)N1CCOCC1. The zero-order valence-corrected chi connectivity index (χ0v) is 11.9. The number of morpholine rings is 1. The second-order valence-corrected chi connectivity index (χ2v) is 5.05. The molecule has 1 aromatic carbocycles. The number of benzene rings is 1. The lowest BCUT2D eigenvalue weighted by Gasteiger charge is -2.27. The number of aromatic nitrogens is 1. The summed E-state index contributed by atoms with van der Waals surface area (Å²) in [5.74, 6) is 0.184. The molecule has 0 atom stereocenters. The van der Waals surface area contributed by atoms with Crippen molar-refractivity contribution in [3.05, 3.63) is 36.5 Å². The van der Waals surface area contributed by atoms with Gasteiger partial charge >= 0.3 is 0 Å². The molecule has 0 radical (unpaired) electrons. The Kier molecular flexibility index (Phi) is 4.31. The van der Waals surface area contributed by atoms with E-state index in [1.165, 1.54) is 0 Å². The quantitative estimate of drug-likeness (QED) is 0.932. The molecule has 21 heavy (non-hydrogen) atoms. The number of fused-ring (bicyclic) bond motifs is 1. The number of para-hydroxylation sites is 1. The number of amides is 1. The highest BCUT2D eigenvalue weighted by Gasteiger charge is 2.16. The average Bonchev–Trinajstić information content (AvgIpc) is 2.56. The van der Waals surface area contributed by atoms with Crippen LogP contribution in [0.1, 0.15) is 6.42 Å². The summed E-state index contributed by atoms with van der Waals surface area (Å²) in [6.45, 7) is 3.33. The first-order chi connectivity index (χ1) is 10.3. The predicted molar refractivity (Wildman–Crippen MR) is 82.2 cm³/mol. The third-order valence-corrected chi connectivity index (χ3v) is 3.67. The van der Waals surface area contributed by atoms with E-state index >= 15 is 0 Å². The van der Waals surface area contributed by atoms with Crippen LogP contribution < -0.4 is 5.32 Å². The van der Waals surface area contributed by atoms with Gasteiger partial charge in [0.15, 0.2) is 0 Å². The molecular formula is C16H19N3O2. The van der Waals surface area contributed by atoms with Gasteiger partial charge in [-0.3, -0.25) is 9.78 Å². The van der Waals surface area contributed by atoms with Gasteiger partial charge in [-0.2, -0.15) is 0 Å². The van der Waals surface area contributed by atoms with Gasteiger partial charge in [-0.05, 0) is 12.1 Å². The number of anilines is 1. The molecule has 1 fully saturated rings. The van der Waals surface area contributed by atoms with E-state index in [-0.39, 0.29) is 5.91 Å². The molecule has 1 aliphatic heterocycles. The van der Waals surface area contributed by atoms with Crippen LogP contribution in [0.2, 0.25) is 0 Å². The maximum atomic E-state index is 12.1. The molecule has 1 N–H and O–H groups in total. The number of nitrogens with zero attached hydrogens (tertiary/aromatic N) is 2. The summed E-state index contributed by atoms with van der Waals surface area (Å²) in [5, 5.41) is 4.42. The predicted octanol–water partition coefficient (Wildman–Crippen LogP) is 1.90. The van der Waals surface area contributed by atoms with Crippen LogP contribution >= 0.6 is 0 Å². The van der Waals surface area contributed by atoms with Crippen LogP contribution in [-0.4, -0.2) is 48.6 Å². The highest BCUT2D eigenvalue weighted by molar-refractivity contribution is 5.91. The lowest BCUT2D eigenvalue weighted by atomic mass is 10.2. The molecule has 5 heteroatoms. The van der Waals surface area contributed by atoms with Crippen LogP contribution in [0.25, 0.3) is 10.9 Å². The van der Waals surface area contributed by atoms with Crippen molar-refractivity contribution in [2.45, 2.75) is 6.42 Å². The minimum atomic E-state index is 0.184. The normalized spacial score (nSPS) is 15.1. The molecule has 0 saturated carbocycles. The first kappa shape index (κ1) is 13.8. The van der Waals surface area contributed by atoms with Crippen molar-refractivity contribution < 1.29 is 9.53 Å². The molecular weight excluding hydrogens is 266 g/mol. The molecule has 1 saturated heterocycles. The van der Waals surface area contributed by atoms with E-state index in [0.717, 1.165) is 16.6 Å². The summed E-state index contributed by atoms with van der Waals surface area (Å²) in [5.41, 5.74) is 1.98. The highest BCUT2D eigenvalue weighted by atomic mass is 16.5. The van der Waals surface area contributed by atoms with Crippen molar-refractivity contribution in [1.82, 2.24) is 9.88 Å². The van der Waals surface area contributed by atoms with E-state index in [1.54, 1.807) is 6.20 Å². The minimum absolute atomic E-state index is 0.184. The number of hydrogen-bond donors (Lipinski definition) is 1. The summed E-state index contributed by atoms with van der Waals surface area (Å²) >= 11 is 0. The third kappa shape index (κ3) is 3.31. The second-order valence-electron chi connectivity index (χ2n) is 5.05.